The van der Waals surface area contributed by atoms with E-state index in [1.165, 1.54) is 37.4 Å². The first kappa shape index (κ1) is 24.9. The molecule has 2 N–H and O–H groups in total. The molecule has 0 spiro atoms. The van der Waals surface area contributed by atoms with Gasteiger partial charge < -0.3 is 9.84 Å². The molecule has 196 valence electrons. The van der Waals surface area contributed by atoms with Crippen molar-refractivity contribution in [1.82, 2.24) is 5.32 Å². The number of anilines is 1. The zero-order valence-electron chi connectivity index (χ0n) is 19.9. The second-order valence-electron chi connectivity index (χ2n) is 10.0. The Hall–Kier alpha value is -3.43. The molecule has 6 rings (SSSR count). The van der Waals surface area contributed by atoms with Crippen LogP contribution in [-0.4, -0.2) is 45.6 Å². The number of ether oxygens (including phenoxy) is 1. The van der Waals surface area contributed by atoms with Gasteiger partial charge in [-0.15, -0.1) is 23.2 Å². The second-order valence-corrected chi connectivity index (χ2v) is 11.3. The van der Waals surface area contributed by atoms with E-state index in [1.807, 2.05) is 0 Å². The Kier molecular flexibility index (Phi) is 5.42. The highest BCUT2D eigenvalue weighted by atomic mass is 35.5. The highest BCUT2D eigenvalue weighted by molar-refractivity contribution is 6.58. The smallest absolute Gasteiger partial charge is 0.258 e. The Balaban J connectivity index is 1.60. The number of hydrogen-bond acceptors (Lipinski definition) is 6. The van der Waals surface area contributed by atoms with Crippen LogP contribution < -0.4 is 15.0 Å². The van der Waals surface area contributed by atoms with Crippen molar-refractivity contribution >= 4 is 52.5 Å². The van der Waals surface area contributed by atoms with Gasteiger partial charge in [0.25, 0.3) is 11.8 Å². The number of aromatic hydroxyl groups is 1. The molecule has 8 nitrogen and oxygen atoms in total. The van der Waals surface area contributed by atoms with Gasteiger partial charge in [-0.1, -0.05) is 11.6 Å². The summed E-state index contributed by atoms with van der Waals surface area (Å²) < 4.78 is 19.0. The number of benzene rings is 2. The van der Waals surface area contributed by atoms with Gasteiger partial charge in [0.15, 0.2) is 9.75 Å². The number of allylic oxidation sites excluding steroid dienone is 2. The summed E-state index contributed by atoms with van der Waals surface area (Å²) in [6, 6.07) is 9.16. The van der Waals surface area contributed by atoms with Crippen LogP contribution in [0.1, 0.15) is 24.3 Å². The van der Waals surface area contributed by atoms with E-state index in [9.17, 15) is 28.7 Å². The van der Waals surface area contributed by atoms with E-state index >= 15 is 0 Å². The van der Waals surface area contributed by atoms with Crippen molar-refractivity contribution in [1.29, 1.82) is 0 Å². The number of methoxy groups -OCH3 is 1. The number of phenolic OH excluding ortho intramolecular Hbond substituents is 1. The minimum absolute atomic E-state index is 0.0769. The molecule has 6 unspecified atom stereocenters. The van der Waals surface area contributed by atoms with E-state index in [-0.39, 0.29) is 29.8 Å². The molecule has 38 heavy (non-hydrogen) atoms. The molecule has 2 aromatic rings. The van der Waals surface area contributed by atoms with Gasteiger partial charge in [-0.3, -0.25) is 24.5 Å². The van der Waals surface area contributed by atoms with Crippen LogP contribution in [0, 0.1) is 23.6 Å². The molecule has 3 fully saturated rings. The summed E-state index contributed by atoms with van der Waals surface area (Å²) in [5, 5.41) is 13.3. The standard InChI is InChI=1S/C27H21Cl2FN2O6/c1-38-14-6-9-19(33)17(10-14)21-15-7-8-16-20(23(35)31-22(16)34)18(15)11-26(28)24(36)32(25(37)27(21,26)29)13-4-2-12(30)3-5-13/h2-7,9-10,16,18,20-21,33H,8,11H2,1H3,(H,31,34,35). The molecule has 2 saturated heterocycles. The van der Waals surface area contributed by atoms with Crippen LogP contribution in [-0.2, 0) is 19.2 Å². The number of phenols is 1. The topological polar surface area (TPSA) is 113 Å². The van der Waals surface area contributed by atoms with Gasteiger partial charge in [-0.05, 0) is 61.2 Å². The Bertz CT molecular complexity index is 1460. The second kappa shape index (κ2) is 8.28. The predicted octanol–water partition coefficient (Wildman–Crippen LogP) is 3.39. The first-order valence-corrected chi connectivity index (χ1v) is 12.7. The number of alkyl halides is 2. The molecule has 0 radical (unpaired) electrons. The summed E-state index contributed by atoms with van der Waals surface area (Å²) in [7, 11) is 1.43. The minimum Gasteiger partial charge on any atom is -0.508 e. The average Bonchev–Trinajstić information content (AvgIpc) is 3.26. The third-order valence-electron chi connectivity index (χ3n) is 8.28. The summed E-state index contributed by atoms with van der Waals surface area (Å²) in [5.41, 5.74) is 0.798. The molecule has 1 saturated carbocycles. The molecule has 0 aromatic heterocycles. The SMILES string of the molecule is COc1ccc(O)c(C2C3=CCC4C(=O)NC(=O)C4C3CC3(Cl)C(=O)N(c4ccc(F)cc4)C(=O)C23Cl)c1. The number of hydrogen-bond donors (Lipinski definition) is 2. The number of amides is 4. The summed E-state index contributed by atoms with van der Waals surface area (Å²) in [6.07, 6.45) is 1.77. The van der Waals surface area contributed by atoms with Crippen LogP contribution in [0.15, 0.2) is 54.1 Å². The normalized spacial score (nSPS) is 33.9. The number of carbonyl (C=O) groups is 4. The van der Waals surface area contributed by atoms with Crippen molar-refractivity contribution in [3.05, 3.63) is 65.5 Å². The van der Waals surface area contributed by atoms with Crippen LogP contribution in [0.5, 0.6) is 11.5 Å². The van der Waals surface area contributed by atoms with Crippen molar-refractivity contribution in [2.45, 2.75) is 28.5 Å². The van der Waals surface area contributed by atoms with Gasteiger partial charge >= 0.3 is 0 Å². The summed E-state index contributed by atoms with van der Waals surface area (Å²) in [5.74, 6) is -6.34. The highest BCUT2D eigenvalue weighted by Crippen LogP contribution is 2.66. The largest absolute Gasteiger partial charge is 0.508 e. The molecular formula is C27H21Cl2FN2O6. The van der Waals surface area contributed by atoms with E-state index in [2.05, 4.69) is 5.32 Å². The quantitative estimate of drug-likeness (QED) is 0.339. The summed E-state index contributed by atoms with van der Waals surface area (Å²) in [6.45, 7) is 0. The number of halogens is 3. The highest BCUT2D eigenvalue weighted by Gasteiger charge is 2.76. The lowest BCUT2D eigenvalue weighted by Gasteiger charge is -2.50. The number of fused-ring (bicyclic) bond motifs is 4. The monoisotopic (exact) mass is 558 g/mol. The van der Waals surface area contributed by atoms with Crippen LogP contribution in [0.25, 0.3) is 0 Å². The van der Waals surface area contributed by atoms with E-state index in [0.717, 1.165) is 17.0 Å². The molecule has 4 amide bonds. The Labute approximate surface area is 226 Å². The van der Waals surface area contributed by atoms with E-state index in [1.54, 1.807) is 6.08 Å². The Morgan fingerprint density at radius 1 is 1.03 bits per heavy atom. The predicted molar refractivity (Wildman–Crippen MR) is 134 cm³/mol. The van der Waals surface area contributed by atoms with Crippen LogP contribution in [0.4, 0.5) is 10.1 Å². The van der Waals surface area contributed by atoms with Crippen LogP contribution in [0.2, 0.25) is 0 Å². The van der Waals surface area contributed by atoms with E-state index < -0.39 is 62.9 Å². The lowest BCUT2D eigenvalue weighted by Crippen LogP contribution is -2.60. The first-order valence-electron chi connectivity index (χ1n) is 12.0. The van der Waals surface area contributed by atoms with Crippen molar-refractivity contribution in [2.75, 3.05) is 12.0 Å². The zero-order chi connectivity index (χ0) is 27.1. The number of nitrogens with one attached hydrogen (secondary N) is 1. The maximum Gasteiger partial charge on any atom is 0.258 e. The van der Waals surface area contributed by atoms with Crippen molar-refractivity contribution < 1.29 is 33.4 Å². The molecule has 2 aromatic carbocycles. The number of carbonyl (C=O) groups excluding carboxylic acids is 4. The fourth-order valence-corrected chi connectivity index (χ4v) is 7.47. The Morgan fingerprint density at radius 3 is 2.42 bits per heavy atom. The minimum atomic E-state index is -2.13. The van der Waals surface area contributed by atoms with Crippen molar-refractivity contribution in [2.24, 2.45) is 17.8 Å². The molecule has 2 heterocycles. The lowest BCUT2D eigenvalue weighted by atomic mass is 9.56. The van der Waals surface area contributed by atoms with Gasteiger partial charge in [0.1, 0.15) is 17.3 Å². The first-order chi connectivity index (χ1) is 18.0. The van der Waals surface area contributed by atoms with Crippen LogP contribution in [0.3, 0.4) is 0 Å². The molecule has 11 heteroatoms. The average molecular weight is 559 g/mol. The number of imide groups is 2. The van der Waals surface area contributed by atoms with Crippen molar-refractivity contribution in [3.63, 3.8) is 0 Å². The molecule has 0 bridgehead atoms. The third kappa shape index (κ3) is 3.09. The Morgan fingerprint density at radius 2 is 1.74 bits per heavy atom. The maximum absolute atomic E-state index is 14.2. The molecule has 2 aliphatic carbocycles. The number of nitrogens with zero attached hydrogens (tertiary/aromatic N) is 1. The van der Waals surface area contributed by atoms with Crippen molar-refractivity contribution in [3.8, 4) is 11.5 Å². The fraction of sp³-hybridized carbons (Fsp3) is 0.333. The molecule has 2 aliphatic heterocycles. The van der Waals surface area contributed by atoms with Gasteiger partial charge in [-0.2, -0.15) is 0 Å². The zero-order valence-corrected chi connectivity index (χ0v) is 21.4. The third-order valence-corrected chi connectivity index (χ3v) is 9.70. The fourth-order valence-electron chi connectivity index (χ4n) is 6.55. The maximum atomic E-state index is 14.2. The lowest BCUT2D eigenvalue weighted by molar-refractivity contribution is -0.127. The molecular weight excluding hydrogens is 538 g/mol. The molecule has 4 aliphatic rings. The summed E-state index contributed by atoms with van der Waals surface area (Å²) >= 11 is 14.4. The van der Waals surface area contributed by atoms with E-state index in [4.69, 9.17) is 27.9 Å². The van der Waals surface area contributed by atoms with E-state index in [0.29, 0.717) is 11.3 Å². The summed E-state index contributed by atoms with van der Waals surface area (Å²) in [4.78, 5) is 50.2. The number of rotatable bonds is 3. The van der Waals surface area contributed by atoms with Gasteiger partial charge in [-0.25, -0.2) is 9.29 Å². The molecule has 6 atom stereocenters. The van der Waals surface area contributed by atoms with Crippen LogP contribution >= 0.6 is 23.2 Å². The van der Waals surface area contributed by atoms with Gasteiger partial charge in [0.05, 0.1) is 24.6 Å². The van der Waals surface area contributed by atoms with Gasteiger partial charge in [0.2, 0.25) is 11.8 Å². The van der Waals surface area contributed by atoms with Gasteiger partial charge in [0, 0.05) is 11.5 Å².